The van der Waals surface area contributed by atoms with Gasteiger partial charge >= 0.3 is 0 Å². The predicted molar refractivity (Wildman–Crippen MR) is 96.9 cm³/mol. The van der Waals surface area contributed by atoms with Gasteiger partial charge in [0.15, 0.2) is 0 Å². The van der Waals surface area contributed by atoms with Crippen molar-refractivity contribution in [3.8, 4) is 0 Å². The van der Waals surface area contributed by atoms with Gasteiger partial charge < -0.3 is 9.84 Å². The normalized spacial score (nSPS) is 35.2. The minimum absolute atomic E-state index is 0.0201. The van der Waals surface area contributed by atoms with Crippen molar-refractivity contribution in [3.63, 3.8) is 0 Å². The Hall–Kier alpha value is -1.91. The van der Waals surface area contributed by atoms with Gasteiger partial charge in [-0.25, -0.2) is 4.98 Å². The summed E-state index contributed by atoms with van der Waals surface area (Å²) in [6.07, 6.45) is 9.94. The van der Waals surface area contributed by atoms with E-state index < -0.39 is 0 Å². The summed E-state index contributed by atoms with van der Waals surface area (Å²) in [6, 6.07) is 2.00. The number of nitrogens with zero attached hydrogens (tertiary/aromatic N) is 2. The molecule has 0 saturated heterocycles. The Labute approximate surface area is 152 Å². The molecule has 0 spiro atoms. The lowest BCUT2D eigenvalue weighted by atomic mass is 9.53. The van der Waals surface area contributed by atoms with Gasteiger partial charge in [0.1, 0.15) is 0 Å². The molecule has 0 aromatic carbocycles. The van der Waals surface area contributed by atoms with E-state index in [2.05, 4.69) is 15.5 Å². The molecule has 26 heavy (non-hydrogen) atoms. The maximum Gasteiger partial charge on any atom is 0.259 e. The van der Waals surface area contributed by atoms with Crippen LogP contribution in [-0.4, -0.2) is 21.6 Å². The lowest BCUT2D eigenvalue weighted by molar-refractivity contribution is -0.0166. The number of rotatable bonds is 3. The average molecular weight is 351 g/mol. The molecule has 1 N–H and O–H groups in total. The molecular formula is C21H25N3O2. The SMILES string of the molecule is Cc1noc2nc(C3CC3)cc(C(=O)NC34CC5CC(CC(C5)C3)C4)c12. The molecular weight excluding hydrogens is 326 g/mol. The Bertz CT molecular complexity index is 876. The Kier molecular flexibility index (Phi) is 2.97. The average Bonchev–Trinajstić information content (AvgIpc) is 3.36. The number of hydrogen-bond acceptors (Lipinski definition) is 4. The van der Waals surface area contributed by atoms with Crippen molar-refractivity contribution in [1.29, 1.82) is 0 Å². The van der Waals surface area contributed by atoms with Crippen molar-refractivity contribution in [2.45, 2.75) is 69.7 Å². The van der Waals surface area contributed by atoms with Gasteiger partial charge in [-0.2, -0.15) is 0 Å². The lowest BCUT2D eigenvalue weighted by Crippen LogP contribution is -2.59. The first-order chi connectivity index (χ1) is 12.6. The third-order valence-corrected chi connectivity index (χ3v) is 7.29. The van der Waals surface area contributed by atoms with Gasteiger partial charge in [-0.15, -0.1) is 0 Å². The van der Waals surface area contributed by atoms with Crippen LogP contribution in [0.25, 0.3) is 11.1 Å². The van der Waals surface area contributed by atoms with Crippen molar-refractivity contribution in [3.05, 3.63) is 23.0 Å². The van der Waals surface area contributed by atoms with Crippen LogP contribution in [0.2, 0.25) is 0 Å². The number of carbonyl (C=O) groups is 1. The Balaban J connectivity index is 1.38. The van der Waals surface area contributed by atoms with Gasteiger partial charge in [0.05, 0.1) is 16.6 Å². The van der Waals surface area contributed by atoms with Gasteiger partial charge in [0.2, 0.25) is 0 Å². The molecule has 5 saturated carbocycles. The molecule has 2 aromatic heterocycles. The van der Waals surface area contributed by atoms with Crippen LogP contribution in [0.1, 0.15) is 79.0 Å². The third-order valence-electron chi connectivity index (χ3n) is 7.29. The number of pyridine rings is 1. The summed E-state index contributed by atoms with van der Waals surface area (Å²) in [5, 5.41) is 8.36. The van der Waals surface area contributed by atoms with Crippen molar-refractivity contribution in [1.82, 2.24) is 15.5 Å². The first-order valence-electron chi connectivity index (χ1n) is 10.2. The van der Waals surface area contributed by atoms with E-state index in [-0.39, 0.29) is 11.4 Å². The summed E-state index contributed by atoms with van der Waals surface area (Å²) in [5.41, 5.74) is 3.00. The number of fused-ring (bicyclic) bond motifs is 1. The molecule has 2 aromatic rings. The molecule has 0 atom stereocenters. The number of aryl methyl sites for hydroxylation is 1. The quantitative estimate of drug-likeness (QED) is 0.904. The Morgan fingerprint density at radius 3 is 2.42 bits per heavy atom. The van der Waals surface area contributed by atoms with E-state index in [1.165, 1.54) is 19.3 Å². The van der Waals surface area contributed by atoms with Crippen molar-refractivity contribution in [2.24, 2.45) is 17.8 Å². The van der Waals surface area contributed by atoms with E-state index in [1.54, 1.807) is 0 Å². The zero-order valence-corrected chi connectivity index (χ0v) is 15.3. The van der Waals surface area contributed by atoms with Gasteiger partial charge in [-0.3, -0.25) is 4.79 Å². The molecule has 0 aliphatic heterocycles. The highest BCUT2D eigenvalue weighted by atomic mass is 16.5. The minimum atomic E-state index is 0.0201. The fourth-order valence-corrected chi connectivity index (χ4v) is 6.45. The largest absolute Gasteiger partial charge is 0.347 e. The summed E-state index contributed by atoms with van der Waals surface area (Å²) in [4.78, 5) is 18.0. The fourth-order valence-electron chi connectivity index (χ4n) is 6.45. The van der Waals surface area contributed by atoms with Gasteiger partial charge in [0, 0.05) is 17.2 Å². The van der Waals surface area contributed by atoms with Crippen LogP contribution in [0.3, 0.4) is 0 Å². The molecule has 5 aliphatic carbocycles. The highest BCUT2D eigenvalue weighted by molar-refractivity contribution is 6.06. The summed E-state index contributed by atoms with van der Waals surface area (Å²) in [6.45, 7) is 1.89. The molecule has 0 radical (unpaired) electrons. The monoisotopic (exact) mass is 351 g/mol. The maximum absolute atomic E-state index is 13.4. The first kappa shape index (κ1) is 15.2. The zero-order chi connectivity index (χ0) is 17.5. The van der Waals surface area contributed by atoms with Gasteiger partial charge in [-0.05, 0) is 82.1 Å². The maximum atomic E-state index is 13.4. The van der Waals surface area contributed by atoms with Crippen LogP contribution < -0.4 is 5.32 Å². The smallest absolute Gasteiger partial charge is 0.259 e. The van der Waals surface area contributed by atoms with E-state index in [4.69, 9.17) is 4.52 Å². The summed E-state index contributed by atoms with van der Waals surface area (Å²) in [5.74, 6) is 2.98. The lowest BCUT2D eigenvalue weighted by Gasteiger charge is -2.56. The second kappa shape index (κ2) is 5.08. The topological polar surface area (TPSA) is 68.0 Å². The summed E-state index contributed by atoms with van der Waals surface area (Å²) >= 11 is 0. The number of aromatic nitrogens is 2. The molecule has 7 rings (SSSR count). The molecule has 5 aliphatic rings. The van der Waals surface area contributed by atoms with Crippen LogP contribution in [0.15, 0.2) is 10.6 Å². The van der Waals surface area contributed by atoms with Crippen LogP contribution in [0, 0.1) is 24.7 Å². The van der Waals surface area contributed by atoms with Gasteiger partial charge in [0.25, 0.3) is 11.6 Å². The highest BCUT2D eigenvalue weighted by Crippen LogP contribution is 2.55. The molecule has 5 heteroatoms. The van der Waals surface area contributed by atoms with Crippen LogP contribution in [0.5, 0.6) is 0 Å². The minimum Gasteiger partial charge on any atom is -0.347 e. The molecule has 1 amide bonds. The Morgan fingerprint density at radius 2 is 1.81 bits per heavy atom. The van der Waals surface area contributed by atoms with E-state index in [1.807, 2.05) is 13.0 Å². The molecule has 2 heterocycles. The number of nitrogens with one attached hydrogen (secondary N) is 1. The summed E-state index contributed by atoms with van der Waals surface area (Å²) < 4.78 is 5.41. The second-order valence-electron chi connectivity index (χ2n) is 9.47. The van der Waals surface area contributed by atoms with Crippen LogP contribution in [0.4, 0.5) is 0 Å². The molecule has 5 fully saturated rings. The third kappa shape index (κ3) is 2.25. The van der Waals surface area contributed by atoms with Crippen molar-refractivity contribution >= 4 is 17.0 Å². The van der Waals surface area contributed by atoms with Crippen LogP contribution >= 0.6 is 0 Å². The van der Waals surface area contributed by atoms with Crippen molar-refractivity contribution in [2.75, 3.05) is 0 Å². The first-order valence-corrected chi connectivity index (χ1v) is 10.2. The van der Waals surface area contributed by atoms with E-state index >= 15 is 0 Å². The fraction of sp³-hybridized carbons (Fsp3) is 0.667. The second-order valence-corrected chi connectivity index (χ2v) is 9.47. The molecule has 4 bridgehead atoms. The van der Waals surface area contributed by atoms with Crippen LogP contribution in [-0.2, 0) is 0 Å². The van der Waals surface area contributed by atoms with E-state index in [9.17, 15) is 4.79 Å². The Morgan fingerprint density at radius 1 is 1.15 bits per heavy atom. The van der Waals surface area contributed by atoms with Crippen molar-refractivity contribution < 1.29 is 9.32 Å². The predicted octanol–water partition coefficient (Wildman–Crippen LogP) is 4.11. The number of hydrogen-bond donors (Lipinski definition) is 1. The molecule has 0 unspecified atom stereocenters. The van der Waals surface area contributed by atoms with E-state index in [0.717, 1.165) is 66.6 Å². The standard InChI is InChI=1S/C21H25N3O2/c1-11-18-16(7-17(15-2-3-15)22-20(18)26-24-11)19(25)23-21-8-12-4-13(9-21)6-14(5-12)10-21/h7,12-15H,2-6,8-10H2,1H3,(H,23,25). The van der Waals surface area contributed by atoms with E-state index in [0.29, 0.717) is 17.2 Å². The molecule has 5 nitrogen and oxygen atoms in total. The number of carbonyl (C=O) groups excluding carboxylic acids is 1. The number of amides is 1. The summed E-state index contributed by atoms with van der Waals surface area (Å²) in [7, 11) is 0. The van der Waals surface area contributed by atoms with Gasteiger partial charge in [-0.1, -0.05) is 5.16 Å². The molecule has 136 valence electrons. The highest BCUT2D eigenvalue weighted by Gasteiger charge is 2.51. The zero-order valence-electron chi connectivity index (χ0n) is 15.3.